The minimum Gasteiger partial charge on any atom is -0.437 e. The lowest BCUT2D eigenvalue weighted by Gasteiger charge is -2.08. The maximum atomic E-state index is 6.37. The molecule has 2 aromatic carbocycles. The maximum absolute atomic E-state index is 6.37. The van der Waals surface area contributed by atoms with Crippen LogP contribution in [0.3, 0.4) is 0 Å². The third-order valence-electron chi connectivity index (χ3n) is 5.43. The van der Waals surface area contributed by atoms with Gasteiger partial charge < -0.3 is 4.42 Å². The van der Waals surface area contributed by atoms with Crippen molar-refractivity contribution in [2.24, 2.45) is 7.05 Å². The molecule has 5 aromatic rings. The average molecular weight is 353 g/mol. The van der Waals surface area contributed by atoms with Crippen LogP contribution in [0.15, 0.2) is 59.3 Å². The number of nitrogens with zero attached hydrogens (tertiary/aromatic N) is 2. The Hall–Kier alpha value is -3.20. The van der Waals surface area contributed by atoms with Crippen molar-refractivity contribution < 1.29 is 8.98 Å². The van der Waals surface area contributed by atoms with Gasteiger partial charge in [0, 0.05) is 28.6 Å². The molecule has 0 aliphatic rings. The second-order valence-corrected chi connectivity index (χ2v) is 7.42. The first-order valence-electron chi connectivity index (χ1n) is 9.21. The maximum Gasteiger partial charge on any atom is 0.227 e. The minimum absolute atomic E-state index is 0.702. The molecule has 3 nitrogen and oxygen atoms in total. The normalized spacial score (nSPS) is 11.7. The van der Waals surface area contributed by atoms with E-state index in [-0.39, 0.29) is 0 Å². The number of benzene rings is 2. The van der Waals surface area contributed by atoms with E-state index in [2.05, 4.69) is 80.0 Å². The van der Waals surface area contributed by atoms with Gasteiger partial charge in [-0.1, -0.05) is 30.3 Å². The SMILES string of the molecule is Cc1ccc(-c2c(C)cc(C)c3c2oc2ncc4ccccc4c23)[n+](C)c1. The smallest absolute Gasteiger partial charge is 0.227 e. The van der Waals surface area contributed by atoms with Gasteiger partial charge in [-0.2, -0.15) is 0 Å². The van der Waals surface area contributed by atoms with Crippen molar-refractivity contribution in [1.82, 2.24) is 4.98 Å². The van der Waals surface area contributed by atoms with Gasteiger partial charge in [-0.05, 0) is 43.4 Å². The van der Waals surface area contributed by atoms with E-state index in [1.165, 1.54) is 22.1 Å². The Labute approximate surface area is 157 Å². The quantitative estimate of drug-likeness (QED) is 0.370. The fraction of sp³-hybridized carbons (Fsp3) is 0.167. The van der Waals surface area contributed by atoms with Crippen molar-refractivity contribution in [1.29, 1.82) is 0 Å². The minimum atomic E-state index is 0.702. The van der Waals surface area contributed by atoms with Crippen molar-refractivity contribution in [2.75, 3.05) is 0 Å². The first kappa shape index (κ1) is 16.0. The second kappa shape index (κ2) is 5.65. The van der Waals surface area contributed by atoms with Crippen LogP contribution in [0.5, 0.6) is 0 Å². The topological polar surface area (TPSA) is 29.9 Å². The zero-order valence-electron chi connectivity index (χ0n) is 16.0. The lowest BCUT2D eigenvalue weighted by atomic mass is 9.96. The summed E-state index contributed by atoms with van der Waals surface area (Å²) >= 11 is 0. The first-order chi connectivity index (χ1) is 13.0. The number of aromatic nitrogens is 2. The highest BCUT2D eigenvalue weighted by atomic mass is 16.3. The molecule has 0 saturated carbocycles. The van der Waals surface area contributed by atoms with Gasteiger partial charge in [0.05, 0.1) is 10.9 Å². The van der Waals surface area contributed by atoms with Crippen LogP contribution in [0.2, 0.25) is 0 Å². The summed E-state index contributed by atoms with van der Waals surface area (Å²) in [7, 11) is 2.09. The summed E-state index contributed by atoms with van der Waals surface area (Å²) in [6, 6.07) is 15.0. The van der Waals surface area contributed by atoms with E-state index in [0.717, 1.165) is 33.0 Å². The number of rotatable bonds is 1. The van der Waals surface area contributed by atoms with E-state index in [9.17, 15) is 0 Å². The highest BCUT2D eigenvalue weighted by molar-refractivity contribution is 6.20. The largest absolute Gasteiger partial charge is 0.437 e. The molecule has 0 fully saturated rings. The zero-order valence-corrected chi connectivity index (χ0v) is 16.0. The highest BCUT2D eigenvalue weighted by Crippen LogP contribution is 2.40. The molecule has 0 radical (unpaired) electrons. The average Bonchev–Trinajstić information content (AvgIpc) is 3.03. The summed E-state index contributed by atoms with van der Waals surface area (Å²) in [6.07, 6.45) is 4.05. The highest BCUT2D eigenvalue weighted by Gasteiger charge is 2.23. The van der Waals surface area contributed by atoms with Crippen molar-refractivity contribution in [3.8, 4) is 11.3 Å². The second-order valence-electron chi connectivity index (χ2n) is 7.42. The van der Waals surface area contributed by atoms with E-state index in [0.29, 0.717) is 5.71 Å². The molecule has 3 heteroatoms. The van der Waals surface area contributed by atoms with Gasteiger partial charge in [-0.3, -0.25) is 0 Å². The van der Waals surface area contributed by atoms with Gasteiger partial charge in [0.1, 0.15) is 7.05 Å². The lowest BCUT2D eigenvalue weighted by molar-refractivity contribution is -0.660. The monoisotopic (exact) mass is 353 g/mol. The number of hydrogen-bond donors (Lipinski definition) is 0. The predicted octanol–water partition coefficient (Wildman–Crippen LogP) is 5.55. The third-order valence-corrected chi connectivity index (χ3v) is 5.43. The summed E-state index contributed by atoms with van der Waals surface area (Å²) in [5, 5.41) is 4.59. The Morgan fingerprint density at radius 3 is 2.56 bits per heavy atom. The number of hydrogen-bond acceptors (Lipinski definition) is 2. The standard InChI is InChI=1S/C24H21N2O/c1-14-9-10-19(26(4)13-14)20-15(2)11-16(3)21-22-18-8-6-5-7-17(18)12-25-24(22)27-23(20)21/h5-13H,1-4H3/q+1. The summed E-state index contributed by atoms with van der Waals surface area (Å²) in [4.78, 5) is 4.62. The summed E-state index contributed by atoms with van der Waals surface area (Å²) in [5.41, 5.74) is 7.58. The molecule has 5 rings (SSSR count). The third kappa shape index (κ3) is 2.28. The lowest BCUT2D eigenvalue weighted by Crippen LogP contribution is -2.31. The van der Waals surface area contributed by atoms with E-state index < -0.39 is 0 Å². The number of fused-ring (bicyclic) bond motifs is 5. The molecule has 27 heavy (non-hydrogen) atoms. The molecule has 3 aromatic heterocycles. The Kier molecular flexibility index (Phi) is 3.35. The van der Waals surface area contributed by atoms with Crippen LogP contribution >= 0.6 is 0 Å². The van der Waals surface area contributed by atoms with Gasteiger partial charge in [0.25, 0.3) is 0 Å². The van der Waals surface area contributed by atoms with Crippen molar-refractivity contribution in [2.45, 2.75) is 20.8 Å². The van der Waals surface area contributed by atoms with Gasteiger partial charge in [0.15, 0.2) is 11.8 Å². The molecular weight excluding hydrogens is 332 g/mol. The van der Waals surface area contributed by atoms with Crippen LogP contribution in [0.25, 0.3) is 44.1 Å². The van der Waals surface area contributed by atoms with Crippen LogP contribution < -0.4 is 4.57 Å². The summed E-state index contributed by atoms with van der Waals surface area (Å²) < 4.78 is 8.54. The number of furan rings is 1. The first-order valence-corrected chi connectivity index (χ1v) is 9.21. The Bertz CT molecular complexity index is 1360. The molecule has 0 atom stereocenters. The number of pyridine rings is 2. The Morgan fingerprint density at radius 2 is 1.74 bits per heavy atom. The molecule has 132 valence electrons. The van der Waals surface area contributed by atoms with Crippen molar-refractivity contribution >= 4 is 32.8 Å². The summed E-state index contributed by atoms with van der Waals surface area (Å²) in [5.74, 6) is 0. The van der Waals surface area contributed by atoms with E-state index in [1.54, 1.807) is 0 Å². The van der Waals surface area contributed by atoms with Gasteiger partial charge >= 0.3 is 0 Å². The predicted molar refractivity (Wildman–Crippen MR) is 110 cm³/mol. The molecule has 0 bridgehead atoms. The Balaban J connectivity index is 2.00. The van der Waals surface area contributed by atoms with Gasteiger partial charge in [-0.25, -0.2) is 9.55 Å². The Morgan fingerprint density at radius 1 is 0.926 bits per heavy atom. The molecule has 0 spiro atoms. The van der Waals surface area contributed by atoms with Crippen LogP contribution in [0.1, 0.15) is 16.7 Å². The zero-order chi connectivity index (χ0) is 18.7. The summed E-state index contributed by atoms with van der Waals surface area (Å²) in [6.45, 7) is 6.42. The van der Waals surface area contributed by atoms with Crippen molar-refractivity contribution in [3.05, 3.63) is 71.5 Å². The van der Waals surface area contributed by atoms with Crippen LogP contribution in [0, 0.1) is 20.8 Å². The fourth-order valence-corrected chi connectivity index (χ4v) is 4.25. The fourth-order valence-electron chi connectivity index (χ4n) is 4.25. The van der Waals surface area contributed by atoms with Crippen LogP contribution in [0.4, 0.5) is 0 Å². The molecule has 0 aliphatic heterocycles. The van der Waals surface area contributed by atoms with Gasteiger partial charge in [-0.15, -0.1) is 0 Å². The molecule has 0 unspecified atom stereocenters. The molecule has 3 heterocycles. The molecule has 0 saturated heterocycles. The van der Waals surface area contributed by atoms with E-state index in [1.807, 2.05) is 12.3 Å². The molecule has 0 N–H and O–H groups in total. The van der Waals surface area contributed by atoms with Crippen LogP contribution in [-0.2, 0) is 7.05 Å². The van der Waals surface area contributed by atoms with Crippen molar-refractivity contribution in [3.63, 3.8) is 0 Å². The van der Waals surface area contributed by atoms with E-state index >= 15 is 0 Å². The van der Waals surface area contributed by atoms with Gasteiger partial charge in [0.2, 0.25) is 11.4 Å². The number of aryl methyl sites for hydroxylation is 4. The molecule has 0 aliphatic carbocycles. The van der Waals surface area contributed by atoms with E-state index in [4.69, 9.17) is 4.42 Å². The molecular formula is C24H21N2O+. The van der Waals surface area contributed by atoms with Crippen LogP contribution in [-0.4, -0.2) is 4.98 Å². The molecule has 0 amide bonds.